The normalized spacial score (nSPS) is 12.3. The second-order valence-electron chi connectivity index (χ2n) is 3.53. The summed E-state index contributed by atoms with van der Waals surface area (Å²) in [5.41, 5.74) is 0.797. The summed E-state index contributed by atoms with van der Waals surface area (Å²) in [5, 5.41) is 3.21. The van der Waals surface area contributed by atoms with Crippen molar-refractivity contribution in [3.8, 4) is 5.75 Å². The lowest BCUT2D eigenvalue weighted by Gasteiger charge is -2.13. The van der Waals surface area contributed by atoms with Crippen LogP contribution in [0.5, 0.6) is 5.75 Å². The molecule has 0 bridgehead atoms. The smallest absolute Gasteiger partial charge is 0.167 e. The first kappa shape index (κ1) is 11.8. The third-order valence-corrected chi connectivity index (χ3v) is 2.26. The molecule has 1 unspecified atom stereocenters. The van der Waals surface area contributed by atoms with Gasteiger partial charge in [-0.3, -0.25) is 0 Å². The Labute approximate surface area is 90.4 Å². The Morgan fingerprint density at radius 3 is 2.67 bits per heavy atom. The van der Waals surface area contributed by atoms with Crippen molar-refractivity contribution in [1.82, 2.24) is 0 Å². The van der Waals surface area contributed by atoms with Crippen LogP contribution in [-0.4, -0.2) is 12.6 Å². The fourth-order valence-corrected chi connectivity index (χ4v) is 1.25. The summed E-state index contributed by atoms with van der Waals surface area (Å²) >= 11 is 0. The van der Waals surface area contributed by atoms with Crippen LogP contribution in [0.4, 0.5) is 10.1 Å². The molecule has 0 amide bonds. The lowest BCUT2D eigenvalue weighted by molar-refractivity contribution is 0.321. The zero-order valence-electron chi connectivity index (χ0n) is 9.51. The highest BCUT2D eigenvalue weighted by atomic mass is 19.1. The highest BCUT2D eigenvalue weighted by Crippen LogP contribution is 2.21. The molecule has 0 spiro atoms. The van der Waals surface area contributed by atoms with Crippen LogP contribution in [0.1, 0.15) is 27.2 Å². The number of hydrogen-bond donors (Lipinski definition) is 1. The van der Waals surface area contributed by atoms with Crippen LogP contribution in [0, 0.1) is 5.82 Å². The quantitative estimate of drug-likeness (QED) is 0.805. The average Bonchev–Trinajstić information content (AvgIpc) is 2.22. The van der Waals surface area contributed by atoms with Gasteiger partial charge >= 0.3 is 0 Å². The van der Waals surface area contributed by atoms with E-state index in [0.717, 1.165) is 12.1 Å². The molecule has 0 saturated carbocycles. The molecular formula is C12H18FNO. The average molecular weight is 211 g/mol. The van der Waals surface area contributed by atoms with Gasteiger partial charge in [0, 0.05) is 17.8 Å². The van der Waals surface area contributed by atoms with E-state index in [0.29, 0.717) is 18.4 Å². The summed E-state index contributed by atoms with van der Waals surface area (Å²) in [5.74, 6) is -0.00245. The summed E-state index contributed by atoms with van der Waals surface area (Å²) in [6, 6.07) is 5.31. The number of rotatable bonds is 5. The molecule has 0 aromatic heterocycles. The van der Waals surface area contributed by atoms with E-state index in [9.17, 15) is 4.39 Å². The third kappa shape index (κ3) is 3.42. The Morgan fingerprint density at radius 1 is 1.40 bits per heavy atom. The Kier molecular flexibility index (Phi) is 4.40. The van der Waals surface area contributed by atoms with E-state index >= 15 is 0 Å². The van der Waals surface area contributed by atoms with Crippen molar-refractivity contribution in [1.29, 1.82) is 0 Å². The second kappa shape index (κ2) is 5.59. The lowest BCUT2D eigenvalue weighted by atomic mass is 10.2. The second-order valence-corrected chi connectivity index (χ2v) is 3.53. The third-order valence-electron chi connectivity index (χ3n) is 2.26. The molecule has 0 aliphatic carbocycles. The number of ether oxygens (including phenoxy) is 1. The van der Waals surface area contributed by atoms with Crippen LogP contribution in [0.2, 0.25) is 0 Å². The monoisotopic (exact) mass is 211 g/mol. The van der Waals surface area contributed by atoms with E-state index in [2.05, 4.69) is 19.2 Å². The van der Waals surface area contributed by atoms with Crippen LogP contribution in [0.3, 0.4) is 0 Å². The van der Waals surface area contributed by atoms with E-state index in [1.165, 1.54) is 6.07 Å². The molecule has 0 fully saturated rings. The number of anilines is 1. The minimum absolute atomic E-state index is 0.312. The standard InChI is InChI=1S/C12H18FNO/c1-4-9(3)14-10-6-7-12(15-5-2)11(13)8-10/h6-9,14H,4-5H2,1-3H3. The molecule has 84 valence electrons. The summed E-state index contributed by atoms with van der Waals surface area (Å²) < 4.78 is 18.5. The first-order chi connectivity index (χ1) is 7.17. The summed E-state index contributed by atoms with van der Waals surface area (Å²) in [6.45, 7) is 6.47. The Hall–Kier alpha value is -1.25. The van der Waals surface area contributed by atoms with E-state index in [1.807, 2.05) is 13.0 Å². The zero-order valence-corrected chi connectivity index (χ0v) is 9.51. The number of benzene rings is 1. The van der Waals surface area contributed by atoms with Crippen molar-refractivity contribution in [2.45, 2.75) is 33.2 Å². The van der Waals surface area contributed by atoms with Gasteiger partial charge in [0.05, 0.1) is 6.61 Å². The number of nitrogens with one attached hydrogen (secondary N) is 1. The van der Waals surface area contributed by atoms with Crippen LogP contribution in [0.25, 0.3) is 0 Å². The van der Waals surface area contributed by atoms with Gasteiger partial charge < -0.3 is 10.1 Å². The van der Waals surface area contributed by atoms with Crippen molar-refractivity contribution < 1.29 is 9.13 Å². The van der Waals surface area contributed by atoms with Crippen molar-refractivity contribution >= 4 is 5.69 Å². The highest BCUT2D eigenvalue weighted by molar-refractivity contribution is 5.47. The van der Waals surface area contributed by atoms with Crippen LogP contribution in [0.15, 0.2) is 18.2 Å². The molecule has 0 aliphatic heterocycles. The van der Waals surface area contributed by atoms with Gasteiger partial charge in [0.1, 0.15) is 0 Å². The SMILES string of the molecule is CCOc1ccc(NC(C)CC)cc1F. The van der Waals surface area contributed by atoms with Crippen molar-refractivity contribution in [3.05, 3.63) is 24.0 Å². The number of halogens is 1. The Morgan fingerprint density at radius 2 is 2.13 bits per heavy atom. The molecule has 1 aromatic carbocycles. The van der Waals surface area contributed by atoms with E-state index in [-0.39, 0.29) is 5.82 Å². The summed E-state index contributed by atoms with van der Waals surface area (Å²) in [7, 11) is 0. The molecule has 1 N–H and O–H groups in total. The van der Waals surface area contributed by atoms with Crippen molar-refractivity contribution in [3.63, 3.8) is 0 Å². The van der Waals surface area contributed by atoms with Gasteiger partial charge in [0.15, 0.2) is 11.6 Å². The molecule has 3 heteroatoms. The highest BCUT2D eigenvalue weighted by Gasteiger charge is 2.05. The maximum Gasteiger partial charge on any atom is 0.167 e. The summed E-state index contributed by atoms with van der Waals surface area (Å²) in [6.07, 6.45) is 1.01. The first-order valence-electron chi connectivity index (χ1n) is 5.36. The maximum atomic E-state index is 13.4. The van der Waals surface area contributed by atoms with Gasteiger partial charge in [0.2, 0.25) is 0 Å². The molecule has 0 radical (unpaired) electrons. The van der Waals surface area contributed by atoms with E-state index < -0.39 is 0 Å². The van der Waals surface area contributed by atoms with Gasteiger partial charge in [-0.05, 0) is 32.4 Å². The molecule has 0 aliphatic rings. The molecule has 0 heterocycles. The van der Waals surface area contributed by atoms with Crippen LogP contribution in [-0.2, 0) is 0 Å². The Bertz CT molecular complexity index is 314. The Balaban J connectivity index is 2.73. The minimum atomic E-state index is -0.315. The molecule has 1 rings (SSSR count). The molecule has 2 nitrogen and oxygen atoms in total. The zero-order chi connectivity index (χ0) is 11.3. The van der Waals surface area contributed by atoms with Gasteiger partial charge in [-0.1, -0.05) is 6.92 Å². The van der Waals surface area contributed by atoms with Crippen molar-refractivity contribution in [2.24, 2.45) is 0 Å². The van der Waals surface area contributed by atoms with Crippen LogP contribution >= 0.6 is 0 Å². The predicted molar refractivity (Wildman–Crippen MR) is 60.9 cm³/mol. The predicted octanol–water partition coefficient (Wildman–Crippen LogP) is 3.43. The van der Waals surface area contributed by atoms with E-state index in [1.54, 1.807) is 6.07 Å². The van der Waals surface area contributed by atoms with Gasteiger partial charge in [-0.15, -0.1) is 0 Å². The molecule has 1 aromatic rings. The van der Waals surface area contributed by atoms with Crippen molar-refractivity contribution in [2.75, 3.05) is 11.9 Å². The largest absolute Gasteiger partial charge is 0.491 e. The number of hydrogen-bond acceptors (Lipinski definition) is 2. The lowest BCUT2D eigenvalue weighted by Crippen LogP contribution is -2.13. The van der Waals surface area contributed by atoms with E-state index in [4.69, 9.17) is 4.74 Å². The molecule has 15 heavy (non-hydrogen) atoms. The van der Waals surface area contributed by atoms with Gasteiger partial charge in [-0.2, -0.15) is 0 Å². The topological polar surface area (TPSA) is 21.3 Å². The van der Waals surface area contributed by atoms with Gasteiger partial charge in [-0.25, -0.2) is 4.39 Å². The molecule has 1 atom stereocenters. The molecular weight excluding hydrogens is 193 g/mol. The minimum Gasteiger partial charge on any atom is -0.491 e. The maximum absolute atomic E-state index is 13.4. The van der Waals surface area contributed by atoms with Gasteiger partial charge in [0.25, 0.3) is 0 Å². The fourth-order valence-electron chi connectivity index (χ4n) is 1.25. The summed E-state index contributed by atoms with van der Waals surface area (Å²) in [4.78, 5) is 0. The van der Waals surface area contributed by atoms with Crippen LogP contribution < -0.4 is 10.1 Å². The first-order valence-corrected chi connectivity index (χ1v) is 5.36. The molecule has 0 saturated heterocycles. The fraction of sp³-hybridized carbons (Fsp3) is 0.500.